The van der Waals surface area contributed by atoms with Gasteiger partial charge >= 0.3 is 0 Å². The molecule has 0 aliphatic rings. The number of carboxylic acids is 2. The summed E-state index contributed by atoms with van der Waals surface area (Å²) >= 11 is 6.64. The lowest BCUT2D eigenvalue weighted by Gasteiger charge is -2.06. The molecule has 0 saturated heterocycles. The minimum atomic E-state index is -1.44. The van der Waals surface area contributed by atoms with Gasteiger partial charge in [-0.15, -0.1) is 10.2 Å². The smallest absolute Gasteiger partial charge is 0.281 e. The zero-order valence-electron chi connectivity index (χ0n) is 13.6. The molecule has 10 heteroatoms. The van der Waals surface area contributed by atoms with Crippen molar-refractivity contribution in [2.24, 2.45) is 0 Å². The number of carbonyl (C=O) groups is 2. The summed E-state index contributed by atoms with van der Waals surface area (Å²) in [7, 11) is 0. The number of aryl methyl sites for hydroxylation is 1. The quantitative estimate of drug-likeness (QED) is 0.443. The van der Waals surface area contributed by atoms with E-state index in [1.165, 1.54) is 24.3 Å². The molecule has 1 aromatic carbocycles. The molecule has 0 aliphatic carbocycles. The van der Waals surface area contributed by atoms with Crippen molar-refractivity contribution in [2.75, 3.05) is 0 Å². The fourth-order valence-corrected chi connectivity index (χ4v) is 3.04. The number of thioether (sulfide) groups is 1. The molecule has 0 fully saturated rings. The summed E-state index contributed by atoms with van der Waals surface area (Å²) in [6, 6.07) is 7.34. The molecule has 2 heterocycles. The van der Waals surface area contributed by atoms with Gasteiger partial charge in [-0.3, -0.25) is 0 Å². The van der Waals surface area contributed by atoms with E-state index in [1.54, 1.807) is 19.1 Å². The number of rotatable bonds is 6. The van der Waals surface area contributed by atoms with Gasteiger partial charge in [-0.2, -0.15) is 0 Å². The monoisotopic (exact) mass is 404 g/mol. The van der Waals surface area contributed by atoms with E-state index in [9.17, 15) is 19.8 Å². The van der Waals surface area contributed by atoms with E-state index in [4.69, 9.17) is 20.4 Å². The van der Waals surface area contributed by atoms with Crippen LogP contribution in [0.25, 0.3) is 17.4 Å². The summed E-state index contributed by atoms with van der Waals surface area (Å²) in [5.41, 5.74) is 0.373. The summed E-state index contributed by atoms with van der Waals surface area (Å²) in [6.07, 6.45) is 1.25. The van der Waals surface area contributed by atoms with E-state index in [0.717, 1.165) is 11.8 Å². The molecular weight excluding hydrogens is 396 g/mol. The lowest BCUT2D eigenvalue weighted by Crippen LogP contribution is -2.22. The standard InChI is InChI=1S/C17H11ClN2O6S/c1-8-19-20-17(25-8)27-14(16(23)24)7-10-3-5-13(26-10)9-2-4-11(15(21)22)12(18)6-9/h2-7H,1H3,(H,21,22)(H,23,24)/p-2/b14-7-. The van der Waals surface area contributed by atoms with Crippen LogP contribution >= 0.6 is 23.4 Å². The molecule has 0 saturated carbocycles. The van der Waals surface area contributed by atoms with E-state index in [0.29, 0.717) is 17.2 Å². The Hall–Kier alpha value is -3.04. The third kappa shape index (κ3) is 4.39. The highest BCUT2D eigenvalue weighted by atomic mass is 35.5. The Bertz CT molecular complexity index is 1060. The van der Waals surface area contributed by atoms with Crippen molar-refractivity contribution in [1.82, 2.24) is 10.2 Å². The minimum absolute atomic E-state index is 0.00117. The molecule has 3 aromatic rings. The van der Waals surface area contributed by atoms with Crippen molar-refractivity contribution >= 4 is 41.4 Å². The Balaban J connectivity index is 1.87. The van der Waals surface area contributed by atoms with Gasteiger partial charge in [-0.1, -0.05) is 23.7 Å². The third-order valence-electron chi connectivity index (χ3n) is 3.28. The number of aromatic nitrogens is 2. The number of halogens is 1. The first-order valence-electron chi connectivity index (χ1n) is 7.35. The maximum atomic E-state index is 11.3. The number of carbonyl (C=O) groups excluding carboxylic acids is 2. The molecule has 0 radical (unpaired) electrons. The highest BCUT2D eigenvalue weighted by Crippen LogP contribution is 2.30. The van der Waals surface area contributed by atoms with Crippen LogP contribution in [-0.2, 0) is 4.79 Å². The number of aromatic carboxylic acids is 1. The fraction of sp³-hybridized carbons (Fsp3) is 0.0588. The molecular formula is C17H9ClN2O6S-2. The van der Waals surface area contributed by atoms with Crippen LogP contribution in [0, 0.1) is 6.92 Å². The van der Waals surface area contributed by atoms with Crippen LogP contribution < -0.4 is 10.2 Å². The van der Waals surface area contributed by atoms with Crippen LogP contribution in [-0.4, -0.2) is 22.1 Å². The van der Waals surface area contributed by atoms with Crippen LogP contribution in [0.15, 0.2) is 49.3 Å². The molecule has 0 aliphatic heterocycles. The topological polar surface area (TPSA) is 132 Å². The predicted octanol–water partition coefficient (Wildman–Crippen LogP) is 1.54. The highest BCUT2D eigenvalue weighted by molar-refractivity contribution is 8.03. The second-order valence-corrected chi connectivity index (χ2v) is 6.57. The Morgan fingerprint density at radius 1 is 1.15 bits per heavy atom. The second kappa shape index (κ2) is 7.68. The van der Waals surface area contributed by atoms with Crippen molar-refractivity contribution in [2.45, 2.75) is 12.1 Å². The molecule has 0 bridgehead atoms. The normalized spacial score (nSPS) is 11.6. The zero-order chi connectivity index (χ0) is 19.6. The van der Waals surface area contributed by atoms with Crippen LogP contribution in [0.1, 0.15) is 22.0 Å². The highest BCUT2D eigenvalue weighted by Gasteiger charge is 2.12. The van der Waals surface area contributed by atoms with Crippen molar-refractivity contribution in [3.63, 3.8) is 0 Å². The van der Waals surface area contributed by atoms with E-state index < -0.39 is 11.9 Å². The van der Waals surface area contributed by atoms with Crippen molar-refractivity contribution < 1.29 is 28.6 Å². The molecule has 0 N–H and O–H groups in total. The minimum Gasteiger partial charge on any atom is -0.545 e. The predicted molar refractivity (Wildman–Crippen MR) is 91.4 cm³/mol. The Labute approximate surface area is 161 Å². The Morgan fingerprint density at radius 2 is 1.93 bits per heavy atom. The largest absolute Gasteiger partial charge is 0.545 e. The Kier molecular flexibility index (Phi) is 5.33. The molecule has 2 aromatic heterocycles. The summed E-state index contributed by atoms with van der Waals surface area (Å²) < 4.78 is 10.7. The summed E-state index contributed by atoms with van der Waals surface area (Å²) in [5, 5.41) is 29.6. The van der Waals surface area contributed by atoms with E-state index in [2.05, 4.69) is 10.2 Å². The van der Waals surface area contributed by atoms with E-state index in [1.807, 2.05) is 0 Å². The first-order chi connectivity index (χ1) is 12.8. The van der Waals surface area contributed by atoms with Crippen LogP contribution in [0.2, 0.25) is 5.02 Å². The van der Waals surface area contributed by atoms with Gasteiger partial charge in [0.1, 0.15) is 11.5 Å². The molecule has 27 heavy (non-hydrogen) atoms. The number of hydrogen-bond donors (Lipinski definition) is 0. The molecule has 0 amide bonds. The van der Waals surface area contributed by atoms with Gasteiger partial charge in [0.05, 0.1) is 17.0 Å². The van der Waals surface area contributed by atoms with Gasteiger partial charge in [0, 0.05) is 23.0 Å². The van der Waals surface area contributed by atoms with Gasteiger partial charge in [-0.25, -0.2) is 0 Å². The fourth-order valence-electron chi connectivity index (χ4n) is 2.09. The average molecular weight is 405 g/mol. The molecule has 138 valence electrons. The molecule has 0 spiro atoms. The van der Waals surface area contributed by atoms with Crippen molar-refractivity contribution in [1.29, 1.82) is 0 Å². The van der Waals surface area contributed by atoms with Gasteiger partial charge < -0.3 is 28.6 Å². The lowest BCUT2D eigenvalue weighted by molar-refractivity contribution is -0.298. The van der Waals surface area contributed by atoms with Crippen LogP contribution in [0.5, 0.6) is 0 Å². The van der Waals surface area contributed by atoms with E-state index in [-0.39, 0.29) is 26.5 Å². The summed E-state index contributed by atoms with van der Waals surface area (Å²) in [6.45, 7) is 1.58. The summed E-state index contributed by atoms with van der Waals surface area (Å²) in [5.74, 6) is -1.93. The van der Waals surface area contributed by atoms with Crippen molar-refractivity contribution in [3.05, 3.63) is 57.5 Å². The maximum absolute atomic E-state index is 11.3. The lowest BCUT2D eigenvalue weighted by atomic mass is 10.1. The molecule has 0 unspecified atom stereocenters. The van der Waals surface area contributed by atoms with Crippen molar-refractivity contribution in [3.8, 4) is 11.3 Å². The van der Waals surface area contributed by atoms with Gasteiger partial charge in [0.15, 0.2) is 0 Å². The van der Waals surface area contributed by atoms with Gasteiger partial charge in [-0.05, 0) is 36.0 Å². The Morgan fingerprint density at radius 3 is 2.52 bits per heavy atom. The number of nitrogens with zero attached hydrogens (tertiary/aromatic N) is 2. The summed E-state index contributed by atoms with van der Waals surface area (Å²) in [4.78, 5) is 22.0. The number of aliphatic carboxylic acids is 1. The molecule has 3 rings (SSSR count). The van der Waals surface area contributed by atoms with Crippen LogP contribution in [0.4, 0.5) is 0 Å². The third-order valence-corrected chi connectivity index (χ3v) is 4.44. The number of carboxylic acid groups (broad SMARTS) is 2. The molecule has 0 atom stereocenters. The number of furan rings is 1. The molecule has 8 nitrogen and oxygen atoms in total. The average Bonchev–Trinajstić information content (AvgIpc) is 3.23. The van der Waals surface area contributed by atoms with Crippen LogP contribution in [0.3, 0.4) is 0 Å². The maximum Gasteiger partial charge on any atom is 0.281 e. The van der Waals surface area contributed by atoms with Gasteiger partial charge in [0.25, 0.3) is 5.22 Å². The van der Waals surface area contributed by atoms with Gasteiger partial charge in [0.2, 0.25) is 5.89 Å². The number of hydrogen-bond acceptors (Lipinski definition) is 9. The first-order valence-corrected chi connectivity index (χ1v) is 8.55. The second-order valence-electron chi connectivity index (χ2n) is 5.17. The first kappa shape index (κ1) is 18.7. The number of benzene rings is 1. The zero-order valence-corrected chi connectivity index (χ0v) is 15.2. The van der Waals surface area contributed by atoms with E-state index >= 15 is 0 Å². The SMILES string of the molecule is Cc1nnc(S/C(=C\c2ccc(-c3ccc(C(=O)[O-])c(Cl)c3)o2)C(=O)[O-])o1.